The van der Waals surface area contributed by atoms with E-state index in [9.17, 15) is 15.0 Å². The summed E-state index contributed by atoms with van der Waals surface area (Å²) in [5, 5.41) is 28.4. The summed E-state index contributed by atoms with van der Waals surface area (Å²) < 4.78 is 5.37. The molecule has 0 amide bonds. The first kappa shape index (κ1) is 26.1. The van der Waals surface area contributed by atoms with Crippen LogP contribution in [-0.4, -0.2) is 63.0 Å². The van der Waals surface area contributed by atoms with Crippen molar-refractivity contribution < 1.29 is 19.7 Å². The lowest BCUT2D eigenvalue weighted by Crippen LogP contribution is -2.41. The van der Waals surface area contributed by atoms with Crippen molar-refractivity contribution in [3.63, 3.8) is 0 Å². The number of aliphatic carboxylic acids is 1. The van der Waals surface area contributed by atoms with Crippen LogP contribution in [0.2, 0.25) is 0 Å². The van der Waals surface area contributed by atoms with Crippen LogP contribution in [0.5, 0.6) is 5.75 Å². The zero-order valence-electron chi connectivity index (χ0n) is 21.3. The molecule has 3 heterocycles. The summed E-state index contributed by atoms with van der Waals surface area (Å²) in [6.07, 6.45) is 8.55. The number of carboxylic acids is 1. The summed E-state index contributed by atoms with van der Waals surface area (Å²) in [5.74, 6) is 0.743. The second-order valence-corrected chi connectivity index (χ2v) is 10.0. The van der Waals surface area contributed by atoms with Gasteiger partial charge in [0.15, 0.2) is 0 Å². The molecule has 2 aromatic heterocycles. The van der Waals surface area contributed by atoms with Crippen LogP contribution in [0, 0.1) is 18.8 Å². The predicted molar refractivity (Wildman–Crippen MR) is 139 cm³/mol. The highest BCUT2D eigenvalue weighted by molar-refractivity contribution is 5.83. The quantitative estimate of drug-likeness (QED) is 0.339. The molecule has 1 aliphatic rings. The van der Waals surface area contributed by atoms with Crippen LogP contribution in [0.15, 0.2) is 36.7 Å². The zero-order valence-corrected chi connectivity index (χ0v) is 21.3. The summed E-state index contributed by atoms with van der Waals surface area (Å²) in [6, 6.07) is 7.61. The lowest BCUT2D eigenvalue weighted by molar-refractivity contribution is -0.137. The van der Waals surface area contributed by atoms with Gasteiger partial charge in [-0.3, -0.25) is 14.9 Å². The average molecular weight is 495 g/mol. The van der Waals surface area contributed by atoms with Gasteiger partial charge < -0.3 is 19.8 Å². The van der Waals surface area contributed by atoms with E-state index in [0.717, 1.165) is 73.2 Å². The number of aromatic amines is 1. The fourth-order valence-electron chi connectivity index (χ4n) is 5.59. The first-order valence-electron chi connectivity index (χ1n) is 13.0. The summed E-state index contributed by atoms with van der Waals surface area (Å²) >= 11 is 0. The summed E-state index contributed by atoms with van der Waals surface area (Å²) in [7, 11) is 1.63. The van der Waals surface area contributed by atoms with Gasteiger partial charge in [0, 0.05) is 30.2 Å². The minimum Gasteiger partial charge on any atom is -0.497 e. The number of rotatable bonds is 12. The van der Waals surface area contributed by atoms with Crippen molar-refractivity contribution in [1.82, 2.24) is 20.1 Å². The van der Waals surface area contributed by atoms with Crippen LogP contribution >= 0.6 is 0 Å². The van der Waals surface area contributed by atoms with Gasteiger partial charge in [-0.1, -0.05) is 0 Å². The van der Waals surface area contributed by atoms with Crippen LogP contribution in [-0.2, 0) is 11.2 Å². The van der Waals surface area contributed by atoms with Gasteiger partial charge in [0.2, 0.25) is 0 Å². The molecular formula is C28H38N4O4. The number of nitrogens with zero attached hydrogens (tertiary/aromatic N) is 3. The molecule has 194 valence electrons. The SMILES string of the molecule is COc1ccc2nccc([C@@H](O)CCC3CCN(CCCc4cn[nH]c4C)CC3CCC(=O)O)c2c1. The van der Waals surface area contributed by atoms with Crippen molar-refractivity contribution in [3.05, 3.63) is 53.5 Å². The van der Waals surface area contributed by atoms with Crippen molar-refractivity contribution >= 4 is 16.9 Å². The highest BCUT2D eigenvalue weighted by Gasteiger charge is 2.30. The molecule has 1 aliphatic heterocycles. The number of hydrogen-bond acceptors (Lipinski definition) is 6. The lowest BCUT2D eigenvalue weighted by atomic mass is 9.79. The molecule has 0 aliphatic carbocycles. The maximum atomic E-state index is 11.3. The first-order valence-corrected chi connectivity index (χ1v) is 13.0. The molecule has 8 nitrogen and oxygen atoms in total. The number of benzene rings is 1. The van der Waals surface area contributed by atoms with Crippen molar-refractivity contribution in [1.29, 1.82) is 0 Å². The normalized spacial score (nSPS) is 19.4. The van der Waals surface area contributed by atoms with Gasteiger partial charge in [0.05, 0.1) is 24.9 Å². The maximum absolute atomic E-state index is 11.3. The van der Waals surface area contributed by atoms with Gasteiger partial charge >= 0.3 is 5.97 Å². The molecule has 4 rings (SSSR count). The molecule has 3 aromatic rings. The van der Waals surface area contributed by atoms with Gasteiger partial charge in [-0.2, -0.15) is 5.10 Å². The van der Waals surface area contributed by atoms with Gasteiger partial charge in [0.1, 0.15) is 5.75 Å². The van der Waals surface area contributed by atoms with Crippen LogP contribution in [0.25, 0.3) is 10.9 Å². The number of pyridine rings is 1. The van der Waals surface area contributed by atoms with Crippen molar-refractivity contribution in [2.24, 2.45) is 11.8 Å². The van der Waals surface area contributed by atoms with E-state index in [1.807, 2.05) is 30.5 Å². The van der Waals surface area contributed by atoms with E-state index in [1.165, 1.54) is 5.56 Å². The Hall–Kier alpha value is -2.97. The van der Waals surface area contributed by atoms with Gasteiger partial charge in [-0.05, 0) is 106 Å². The highest BCUT2D eigenvalue weighted by atomic mass is 16.5. The van der Waals surface area contributed by atoms with Gasteiger partial charge in [0.25, 0.3) is 0 Å². The number of piperidine rings is 1. The third-order valence-electron chi connectivity index (χ3n) is 7.71. The maximum Gasteiger partial charge on any atom is 0.303 e. The fraction of sp³-hybridized carbons (Fsp3) is 0.536. The number of aryl methyl sites for hydroxylation is 2. The topological polar surface area (TPSA) is 112 Å². The van der Waals surface area contributed by atoms with Crippen LogP contribution in [0.3, 0.4) is 0 Å². The third kappa shape index (κ3) is 6.62. The molecule has 3 N–H and O–H groups in total. The molecule has 36 heavy (non-hydrogen) atoms. The number of aliphatic hydroxyl groups is 1. The Morgan fingerprint density at radius 2 is 2.14 bits per heavy atom. The summed E-state index contributed by atoms with van der Waals surface area (Å²) in [4.78, 5) is 18.2. The number of methoxy groups -OCH3 is 1. The number of nitrogens with one attached hydrogen (secondary N) is 1. The summed E-state index contributed by atoms with van der Waals surface area (Å²) in [5.41, 5.74) is 4.10. The molecule has 0 bridgehead atoms. The molecule has 0 spiro atoms. The van der Waals surface area contributed by atoms with Crippen LogP contribution in [0.4, 0.5) is 0 Å². The van der Waals surface area contributed by atoms with E-state index < -0.39 is 12.1 Å². The number of aliphatic hydroxyl groups excluding tert-OH is 1. The second-order valence-electron chi connectivity index (χ2n) is 10.0. The molecule has 2 unspecified atom stereocenters. The number of hydrogen-bond donors (Lipinski definition) is 3. The minimum absolute atomic E-state index is 0.195. The Morgan fingerprint density at radius 3 is 2.89 bits per heavy atom. The molecule has 0 saturated carbocycles. The van der Waals surface area contributed by atoms with Crippen molar-refractivity contribution in [3.8, 4) is 5.75 Å². The average Bonchev–Trinajstić information content (AvgIpc) is 3.30. The molecule has 8 heteroatoms. The minimum atomic E-state index is -0.737. The number of carboxylic acid groups (broad SMARTS) is 1. The second kappa shape index (κ2) is 12.3. The van der Waals surface area contributed by atoms with E-state index in [4.69, 9.17) is 4.74 Å². The number of aromatic nitrogens is 3. The Labute approximate surface area is 212 Å². The highest BCUT2D eigenvalue weighted by Crippen LogP contribution is 2.35. The van der Waals surface area contributed by atoms with E-state index in [1.54, 1.807) is 13.3 Å². The predicted octanol–water partition coefficient (Wildman–Crippen LogP) is 4.52. The summed E-state index contributed by atoms with van der Waals surface area (Å²) in [6.45, 7) is 5.00. The number of carbonyl (C=O) groups is 1. The molecular weight excluding hydrogens is 456 g/mol. The molecule has 1 aromatic carbocycles. The Bertz CT molecular complexity index is 1150. The standard InChI is InChI=1S/C28H38N4O4/c1-19-21(17-30-31-19)4-3-14-32-15-12-20(22(18-32)6-10-28(34)35)5-9-27(33)24-11-13-29-26-8-7-23(36-2)16-25(24)26/h7-8,11,13,16-17,20,22,27,33H,3-6,9-10,12,14-15,18H2,1-2H3,(H,30,31)(H,34,35)/t20?,22?,27-/m0/s1. The molecule has 0 radical (unpaired) electrons. The van der Waals surface area contributed by atoms with Crippen LogP contribution < -0.4 is 4.74 Å². The Morgan fingerprint density at radius 1 is 1.28 bits per heavy atom. The number of fused-ring (bicyclic) bond motifs is 1. The van der Waals surface area contributed by atoms with E-state index in [0.29, 0.717) is 24.7 Å². The number of ether oxygens (including phenoxy) is 1. The largest absolute Gasteiger partial charge is 0.497 e. The molecule has 1 fully saturated rings. The Kier molecular flexibility index (Phi) is 8.93. The lowest BCUT2D eigenvalue weighted by Gasteiger charge is -2.39. The fourth-order valence-corrected chi connectivity index (χ4v) is 5.59. The monoisotopic (exact) mass is 494 g/mol. The number of H-pyrrole nitrogens is 1. The first-order chi connectivity index (χ1) is 17.4. The molecule has 3 atom stereocenters. The smallest absolute Gasteiger partial charge is 0.303 e. The van der Waals surface area contributed by atoms with E-state index >= 15 is 0 Å². The third-order valence-corrected chi connectivity index (χ3v) is 7.71. The van der Waals surface area contributed by atoms with E-state index in [-0.39, 0.29) is 6.42 Å². The molecule has 1 saturated heterocycles. The van der Waals surface area contributed by atoms with Gasteiger partial charge in [-0.15, -0.1) is 0 Å². The zero-order chi connectivity index (χ0) is 25.5. The Balaban J connectivity index is 1.36. The van der Waals surface area contributed by atoms with Crippen molar-refractivity contribution in [2.45, 2.75) is 58.0 Å². The number of likely N-dealkylation sites (tertiary alicyclic amines) is 1. The van der Waals surface area contributed by atoms with Gasteiger partial charge in [-0.25, -0.2) is 0 Å². The van der Waals surface area contributed by atoms with E-state index in [2.05, 4.69) is 27.0 Å². The van der Waals surface area contributed by atoms with Crippen molar-refractivity contribution in [2.75, 3.05) is 26.7 Å². The van der Waals surface area contributed by atoms with Crippen LogP contribution in [0.1, 0.15) is 61.4 Å².